The Morgan fingerprint density at radius 2 is 2.28 bits per heavy atom. The average Bonchev–Trinajstić information content (AvgIpc) is 2.69. The third kappa shape index (κ3) is 2.27. The Morgan fingerprint density at radius 1 is 1.56 bits per heavy atom. The van der Waals surface area contributed by atoms with Crippen molar-refractivity contribution in [3.8, 4) is 11.4 Å². The van der Waals surface area contributed by atoms with E-state index in [1.54, 1.807) is 10.6 Å². The number of non-ortho nitro benzene ring substituents is 1. The van der Waals surface area contributed by atoms with Gasteiger partial charge in [-0.2, -0.15) is 5.10 Å². The van der Waals surface area contributed by atoms with Crippen LogP contribution >= 0.6 is 23.8 Å². The molecule has 2 rings (SSSR count). The van der Waals surface area contributed by atoms with E-state index in [0.29, 0.717) is 22.7 Å². The van der Waals surface area contributed by atoms with Gasteiger partial charge in [-0.1, -0.05) is 11.6 Å². The zero-order valence-corrected chi connectivity index (χ0v) is 11.0. The van der Waals surface area contributed by atoms with Crippen LogP contribution in [-0.2, 0) is 6.54 Å². The Bertz CT molecular complexity index is 664. The van der Waals surface area contributed by atoms with Crippen molar-refractivity contribution in [1.29, 1.82) is 0 Å². The molecule has 0 unspecified atom stereocenters. The number of nitro benzene ring substituents is 1. The fraction of sp³-hybridized carbons (Fsp3) is 0.200. The van der Waals surface area contributed by atoms with Gasteiger partial charge in [0.05, 0.1) is 4.92 Å². The lowest BCUT2D eigenvalue weighted by Crippen LogP contribution is -1.98. The minimum absolute atomic E-state index is 0.0749. The highest BCUT2D eigenvalue weighted by Crippen LogP contribution is 2.27. The van der Waals surface area contributed by atoms with E-state index in [9.17, 15) is 10.1 Å². The number of nitrogens with one attached hydrogen (secondary N) is 1. The van der Waals surface area contributed by atoms with Crippen LogP contribution in [0.25, 0.3) is 11.4 Å². The van der Waals surface area contributed by atoms with E-state index in [4.69, 9.17) is 23.8 Å². The van der Waals surface area contributed by atoms with Crippen LogP contribution in [-0.4, -0.2) is 19.7 Å². The van der Waals surface area contributed by atoms with Crippen molar-refractivity contribution in [3.63, 3.8) is 0 Å². The third-order valence-corrected chi connectivity index (χ3v) is 2.96. The van der Waals surface area contributed by atoms with Crippen molar-refractivity contribution >= 4 is 29.5 Å². The van der Waals surface area contributed by atoms with Crippen LogP contribution < -0.4 is 0 Å². The predicted octanol–water partition coefficient (Wildman–Crippen LogP) is 3.19. The number of hydrogen-bond donors (Lipinski definition) is 1. The van der Waals surface area contributed by atoms with E-state index in [-0.39, 0.29) is 10.7 Å². The van der Waals surface area contributed by atoms with E-state index < -0.39 is 4.92 Å². The fourth-order valence-electron chi connectivity index (χ4n) is 1.64. The van der Waals surface area contributed by atoms with Crippen molar-refractivity contribution in [1.82, 2.24) is 14.8 Å². The molecule has 0 bridgehead atoms. The molecule has 0 amide bonds. The van der Waals surface area contributed by atoms with Crippen LogP contribution in [0.4, 0.5) is 5.69 Å². The average molecular weight is 285 g/mol. The number of hydrogen-bond acceptors (Lipinski definition) is 4. The van der Waals surface area contributed by atoms with Gasteiger partial charge in [-0.25, -0.2) is 0 Å². The standard InChI is InChI=1S/C10H9ClN4O2S/c1-2-14-9(12-13-10(14)18)6-3-7(11)5-8(4-6)15(16)17/h3-5H,2H2,1H3,(H,13,18). The quantitative estimate of drug-likeness (QED) is 0.533. The minimum atomic E-state index is -0.493. The topological polar surface area (TPSA) is 76.8 Å². The van der Waals surface area contributed by atoms with Gasteiger partial charge in [-0.3, -0.25) is 15.2 Å². The summed E-state index contributed by atoms with van der Waals surface area (Å²) in [6.45, 7) is 2.53. The molecule has 1 N–H and O–H groups in total. The highest BCUT2D eigenvalue weighted by atomic mass is 35.5. The molecule has 1 aromatic carbocycles. The van der Waals surface area contributed by atoms with Crippen molar-refractivity contribution in [2.45, 2.75) is 13.5 Å². The second kappa shape index (κ2) is 4.87. The van der Waals surface area contributed by atoms with Crippen LogP contribution in [0.2, 0.25) is 5.02 Å². The summed E-state index contributed by atoms with van der Waals surface area (Å²) >= 11 is 10.9. The molecule has 0 spiro atoms. The Balaban J connectivity index is 2.63. The molecule has 0 radical (unpaired) electrons. The van der Waals surface area contributed by atoms with Crippen LogP contribution in [0.15, 0.2) is 18.2 Å². The maximum atomic E-state index is 10.8. The second-order valence-corrected chi connectivity index (χ2v) is 4.37. The Kier molecular flexibility index (Phi) is 3.44. The van der Waals surface area contributed by atoms with Gasteiger partial charge in [0.1, 0.15) is 0 Å². The summed E-state index contributed by atoms with van der Waals surface area (Å²) < 4.78 is 2.21. The van der Waals surface area contributed by atoms with Gasteiger partial charge in [-0.15, -0.1) is 0 Å². The molecule has 0 saturated heterocycles. The molecule has 2 aromatic rings. The molecular weight excluding hydrogens is 276 g/mol. The summed E-state index contributed by atoms with van der Waals surface area (Å²) in [4.78, 5) is 10.3. The number of aromatic amines is 1. The predicted molar refractivity (Wildman–Crippen MR) is 70.2 cm³/mol. The zero-order valence-electron chi connectivity index (χ0n) is 9.38. The number of nitro groups is 1. The number of benzene rings is 1. The van der Waals surface area contributed by atoms with Crippen LogP contribution in [0.1, 0.15) is 6.92 Å². The van der Waals surface area contributed by atoms with Gasteiger partial charge >= 0.3 is 0 Å². The van der Waals surface area contributed by atoms with Gasteiger partial charge in [0.15, 0.2) is 10.6 Å². The van der Waals surface area contributed by atoms with Gasteiger partial charge in [0.25, 0.3) is 5.69 Å². The number of nitrogens with zero attached hydrogens (tertiary/aromatic N) is 3. The van der Waals surface area contributed by atoms with E-state index >= 15 is 0 Å². The molecule has 8 heteroatoms. The molecule has 0 aliphatic heterocycles. The van der Waals surface area contributed by atoms with Gasteiger partial charge < -0.3 is 4.57 Å². The maximum Gasteiger partial charge on any atom is 0.271 e. The Hall–Kier alpha value is -1.73. The molecule has 0 aliphatic carbocycles. The molecule has 0 saturated carbocycles. The van der Waals surface area contributed by atoms with Crippen LogP contribution in [0.5, 0.6) is 0 Å². The van der Waals surface area contributed by atoms with E-state index in [2.05, 4.69) is 10.2 Å². The molecule has 18 heavy (non-hydrogen) atoms. The van der Waals surface area contributed by atoms with Crippen molar-refractivity contribution in [2.75, 3.05) is 0 Å². The maximum absolute atomic E-state index is 10.8. The normalized spacial score (nSPS) is 10.6. The van der Waals surface area contributed by atoms with E-state index in [1.165, 1.54) is 12.1 Å². The van der Waals surface area contributed by atoms with Gasteiger partial charge in [0.2, 0.25) is 0 Å². The lowest BCUT2D eigenvalue weighted by molar-refractivity contribution is -0.384. The molecule has 1 heterocycles. The monoisotopic (exact) mass is 284 g/mol. The summed E-state index contributed by atoms with van der Waals surface area (Å²) in [5.74, 6) is 0.535. The third-order valence-electron chi connectivity index (χ3n) is 2.43. The first-order valence-electron chi connectivity index (χ1n) is 5.13. The SMILES string of the molecule is CCn1c(-c2cc(Cl)cc([N+](=O)[O-])c2)n[nH]c1=S. The number of H-pyrrole nitrogens is 1. The summed E-state index contributed by atoms with van der Waals surface area (Å²) in [6, 6.07) is 4.33. The van der Waals surface area contributed by atoms with E-state index in [1.807, 2.05) is 6.92 Å². The van der Waals surface area contributed by atoms with Crippen molar-refractivity contribution in [2.24, 2.45) is 0 Å². The van der Waals surface area contributed by atoms with Crippen molar-refractivity contribution < 1.29 is 4.92 Å². The van der Waals surface area contributed by atoms with E-state index in [0.717, 1.165) is 0 Å². The summed E-state index contributed by atoms with van der Waals surface area (Å²) in [7, 11) is 0. The smallest absolute Gasteiger partial charge is 0.271 e. The highest BCUT2D eigenvalue weighted by Gasteiger charge is 2.14. The second-order valence-electron chi connectivity index (χ2n) is 3.55. The molecule has 6 nitrogen and oxygen atoms in total. The van der Waals surface area contributed by atoms with Crippen molar-refractivity contribution in [3.05, 3.63) is 38.1 Å². The van der Waals surface area contributed by atoms with Crippen LogP contribution in [0, 0.1) is 14.9 Å². The minimum Gasteiger partial charge on any atom is -0.300 e. The number of aromatic nitrogens is 3. The molecule has 0 fully saturated rings. The largest absolute Gasteiger partial charge is 0.300 e. The Morgan fingerprint density at radius 3 is 2.89 bits per heavy atom. The first kappa shape index (κ1) is 12.7. The Labute approximate surface area is 112 Å². The first-order chi connectivity index (χ1) is 8.52. The highest BCUT2D eigenvalue weighted by molar-refractivity contribution is 7.71. The molecule has 1 aromatic heterocycles. The molecular formula is C10H9ClN4O2S. The molecule has 0 atom stereocenters. The summed E-state index contributed by atoms with van der Waals surface area (Å²) in [6.07, 6.45) is 0. The number of rotatable bonds is 3. The zero-order chi connectivity index (χ0) is 13.3. The first-order valence-corrected chi connectivity index (χ1v) is 5.92. The van der Waals surface area contributed by atoms with Gasteiger partial charge in [0, 0.05) is 29.3 Å². The molecule has 94 valence electrons. The van der Waals surface area contributed by atoms with Crippen LogP contribution in [0.3, 0.4) is 0 Å². The fourth-order valence-corrected chi connectivity index (χ4v) is 2.13. The van der Waals surface area contributed by atoms with Gasteiger partial charge in [-0.05, 0) is 25.2 Å². The summed E-state index contributed by atoms with van der Waals surface area (Å²) in [5.41, 5.74) is 0.484. The summed E-state index contributed by atoms with van der Waals surface area (Å²) in [5, 5.41) is 17.8. The number of halogens is 1. The lowest BCUT2D eigenvalue weighted by atomic mass is 10.2. The molecule has 0 aliphatic rings. The lowest BCUT2D eigenvalue weighted by Gasteiger charge is -2.04.